The topological polar surface area (TPSA) is 102 Å². The van der Waals surface area contributed by atoms with E-state index in [1.807, 2.05) is 72.3 Å². The maximum absolute atomic E-state index is 13.9. The molecule has 3 heterocycles. The maximum atomic E-state index is 13.9. The molecule has 2 aromatic heterocycles. The molecule has 2 amide bonds. The van der Waals surface area contributed by atoms with Gasteiger partial charge in [0.2, 0.25) is 0 Å². The smallest absolute Gasteiger partial charge is 0.261 e. The molecule has 0 spiro atoms. The lowest BCUT2D eigenvalue weighted by molar-refractivity contribution is -0.130. The molecule has 1 atom stereocenters. The van der Waals surface area contributed by atoms with Crippen LogP contribution >= 0.6 is 23.1 Å². The molecule has 1 aliphatic heterocycles. The number of aryl methyl sites for hydroxylation is 2. The van der Waals surface area contributed by atoms with E-state index in [2.05, 4.69) is 15.5 Å². The Morgan fingerprint density at radius 3 is 2.54 bits per heavy atom. The van der Waals surface area contributed by atoms with Crippen LogP contribution in [0.25, 0.3) is 5.69 Å². The molecule has 0 aliphatic carbocycles. The molecule has 46 heavy (non-hydrogen) atoms. The molecule has 6 rings (SSSR count). The zero-order valence-corrected chi connectivity index (χ0v) is 27.1. The predicted molar refractivity (Wildman–Crippen MR) is 177 cm³/mol. The normalized spacial score (nSPS) is 14.3. The number of nitrogens with zero attached hydrogens (tertiary/aromatic N) is 5. The fourth-order valence-corrected chi connectivity index (χ4v) is 6.66. The summed E-state index contributed by atoms with van der Waals surface area (Å²) < 4.78 is 21.0. The molecule has 3 aromatic carbocycles. The molecule has 9 nitrogen and oxygen atoms in total. The summed E-state index contributed by atoms with van der Waals surface area (Å²) in [7, 11) is 1.61. The zero-order valence-electron chi connectivity index (χ0n) is 25.4. The summed E-state index contributed by atoms with van der Waals surface area (Å²) >= 11 is 2.61. The monoisotopic (exact) mass is 654 g/mol. The van der Waals surface area contributed by atoms with Crippen molar-refractivity contribution in [3.63, 3.8) is 0 Å². The maximum Gasteiger partial charge on any atom is 0.261 e. The van der Waals surface area contributed by atoms with E-state index in [9.17, 15) is 14.0 Å². The van der Waals surface area contributed by atoms with Crippen LogP contribution in [0, 0.1) is 19.7 Å². The number of ether oxygens (including phenoxy) is 1. The number of rotatable bonds is 10. The van der Waals surface area contributed by atoms with Gasteiger partial charge in [0.05, 0.1) is 41.7 Å². The molecule has 12 heteroatoms. The fourth-order valence-electron chi connectivity index (χ4n) is 5.20. The number of carbonyl (C=O) groups is 2. The van der Waals surface area contributed by atoms with Crippen LogP contribution in [0.3, 0.4) is 0 Å². The number of halogens is 1. The van der Waals surface area contributed by atoms with Crippen molar-refractivity contribution in [1.82, 2.24) is 25.1 Å². The third kappa shape index (κ3) is 6.73. The van der Waals surface area contributed by atoms with Crippen LogP contribution in [0.15, 0.2) is 94.5 Å². The highest BCUT2D eigenvalue weighted by atomic mass is 32.2. The molecule has 0 saturated carbocycles. The number of aromatic nitrogens is 3. The minimum atomic E-state index is -0.397. The number of benzene rings is 3. The van der Waals surface area contributed by atoms with Gasteiger partial charge in [-0.15, -0.1) is 21.5 Å². The number of hydrogen-bond donors (Lipinski definition) is 1. The standard InChI is InChI=1S/C34H31FN6O3S2/c1-21-6-7-22(2)28(17-21)40-31(19-36-33(43)30-5-4-16-45-30)37-38-34(40)46-20-32(42)41-29(24-8-12-25(35)13-9-24)18-27(39-41)23-10-14-26(44-3)15-11-23/h4-17,29H,18-20H2,1-3H3,(H,36,43). The molecule has 1 N–H and O–H groups in total. The van der Waals surface area contributed by atoms with E-state index in [0.29, 0.717) is 22.3 Å². The van der Waals surface area contributed by atoms with Crippen molar-refractivity contribution in [2.45, 2.75) is 38.0 Å². The third-order valence-electron chi connectivity index (χ3n) is 7.63. The van der Waals surface area contributed by atoms with Gasteiger partial charge in [-0.1, -0.05) is 42.1 Å². The van der Waals surface area contributed by atoms with Gasteiger partial charge in [-0.2, -0.15) is 5.10 Å². The first-order valence-electron chi connectivity index (χ1n) is 14.6. The number of thioether (sulfide) groups is 1. The second-order valence-electron chi connectivity index (χ2n) is 10.8. The highest BCUT2D eigenvalue weighted by Crippen LogP contribution is 2.34. The van der Waals surface area contributed by atoms with Crippen molar-refractivity contribution in [1.29, 1.82) is 0 Å². The Balaban J connectivity index is 1.27. The van der Waals surface area contributed by atoms with Crippen LogP contribution in [0.1, 0.15) is 50.2 Å². The summed E-state index contributed by atoms with van der Waals surface area (Å²) in [4.78, 5) is 27.2. The first kappa shape index (κ1) is 31.2. The largest absolute Gasteiger partial charge is 0.497 e. The van der Waals surface area contributed by atoms with Crippen LogP contribution in [0.5, 0.6) is 5.75 Å². The van der Waals surface area contributed by atoms with Gasteiger partial charge < -0.3 is 10.1 Å². The van der Waals surface area contributed by atoms with Gasteiger partial charge in [0.1, 0.15) is 11.6 Å². The van der Waals surface area contributed by atoms with Crippen LogP contribution in [0.4, 0.5) is 4.39 Å². The lowest BCUT2D eigenvalue weighted by atomic mass is 9.98. The Labute approximate surface area is 274 Å². The molecule has 5 aromatic rings. The summed E-state index contributed by atoms with van der Waals surface area (Å²) in [5.74, 6) is 0.521. The van der Waals surface area contributed by atoms with Crippen molar-refractivity contribution < 1.29 is 18.7 Å². The number of methoxy groups -OCH3 is 1. The molecular formula is C34H31FN6O3S2. The first-order valence-corrected chi connectivity index (χ1v) is 16.4. The lowest BCUT2D eigenvalue weighted by Gasteiger charge is -2.22. The Bertz CT molecular complexity index is 1890. The Kier molecular flexibility index (Phi) is 9.27. The average molecular weight is 655 g/mol. The second kappa shape index (κ2) is 13.7. The minimum Gasteiger partial charge on any atom is -0.497 e. The number of nitrogens with one attached hydrogen (secondary N) is 1. The summed E-state index contributed by atoms with van der Waals surface area (Å²) in [5, 5.41) is 20.4. The van der Waals surface area contributed by atoms with Crippen molar-refractivity contribution in [2.75, 3.05) is 12.9 Å². The van der Waals surface area contributed by atoms with Crippen molar-refractivity contribution in [3.8, 4) is 11.4 Å². The molecular weight excluding hydrogens is 624 g/mol. The first-order chi connectivity index (χ1) is 22.3. The minimum absolute atomic E-state index is 0.0294. The van der Waals surface area contributed by atoms with Gasteiger partial charge in [0, 0.05) is 6.42 Å². The molecule has 234 valence electrons. The Morgan fingerprint density at radius 1 is 1.04 bits per heavy atom. The summed E-state index contributed by atoms with van der Waals surface area (Å²) in [5.41, 5.74) is 5.32. The summed E-state index contributed by atoms with van der Waals surface area (Å²) in [6, 6.07) is 23.0. The lowest BCUT2D eigenvalue weighted by Crippen LogP contribution is -2.28. The molecule has 0 saturated heterocycles. The third-order valence-corrected chi connectivity index (χ3v) is 9.41. The molecule has 1 aliphatic rings. The predicted octanol–water partition coefficient (Wildman–Crippen LogP) is 6.49. The number of thiophene rings is 1. The average Bonchev–Trinajstić information content (AvgIpc) is 3.85. The van der Waals surface area contributed by atoms with Crippen LogP contribution in [0.2, 0.25) is 0 Å². The highest BCUT2D eigenvalue weighted by molar-refractivity contribution is 7.99. The highest BCUT2D eigenvalue weighted by Gasteiger charge is 2.33. The SMILES string of the molecule is COc1ccc(C2=NN(C(=O)CSc3nnc(CNC(=O)c4cccs4)n3-c3cc(C)ccc3C)C(c3ccc(F)cc3)C2)cc1. The van der Waals surface area contributed by atoms with Gasteiger partial charge in [0.25, 0.3) is 11.8 Å². The number of carbonyl (C=O) groups excluding carboxylic acids is 2. The van der Waals surface area contributed by atoms with E-state index in [1.165, 1.54) is 40.2 Å². The van der Waals surface area contributed by atoms with Gasteiger partial charge in [-0.05, 0) is 90.0 Å². The number of amides is 2. The van der Waals surface area contributed by atoms with Gasteiger partial charge >= 0.3 is 0 Å². The molecule has 0 bridgehead atoms. The van der Waals surface area contributed by atoms with E-state index in [1.54, 1.807) is 25.3 Å². The van der Waals surface area contributed by atoms with E-state index < -0.39 is 6.04 Å². The zero-order chi connectivity index (χ0) is 32.2. The Hall–Kier alpha value is -4.81. The summed E-state index contributed by atoms with van der Waals surface area (Å²) in [6.07, 6.45) is 0.473. The van der Waals surface area contributed by atoms with Crippen LogP contribution < -0.4 is 10.1 Å². The van der Waals surface area contributed by atoms with E-state index >= 15 is 0 Å². The molecule has 1 unspecified atom stereocenters. The van der Waals surface area contributed by atoms with Gasteiger partial charge in [-0.25, -0.2) is 9.40 Å². The fraction of sp³-hybridized carbons (Fsp3) is 0.206. The summed E-state index contributed by atoms with van der Waals surface area (Å²) in [6.45, 7) is 4.15. The quantitative estimate of drug-likeness (QED) is 0.173. The van der Waals surface area contributed by atoms with E-state index in [4.69, 9.17) is 9.84 Å². The van der Waals surface area contributed by atoms with Crippen LogP contribution in [-0.4, -0.2) is 50.2 Å². The van der Waals surface area contributed by atoms with Crippen LogP contribution in [-0.2, 0) is 11.3 Å². The second-order valence-corrected chi connectivity index (χ2v) is 12.6. The van der Waals surface area contributed by atoms with E-state index in [-0.39, 0.29) is 29.9 Å². The van der Waals surface area contributed by atoms with Crippen molar-refractivity contribution in [3.05, 3.63) is 123 Å². The van der Waals surface area contributed by atoms with E-state index in [0.717, 1.165) is 39.4 Å². The Morgan fingerprint density at radius 2 is 1.83 bits per heavy atom. The molecule has 0 radical (unpaired) electrons. The number of hydrazone groups is 1. The van der Waals surface area contributed by atoms with Gasteiger partial charge in [-0.3, -0.25) is 14.2 Å². The van der Waals surface area contributed by atoms with Crippen molar-refractivity contribution >= 4 is 40.6 Å². The number of hydrogen-bond acceptors (Lipinski definition) is 8. The van der Waals surface area contributed by atoms with Gasteiger partial charge in [0.15, 0.2) is 11.0 Å². The van der Waals surface area contributed by atoms with Crippen molar-refractivity contribution in [2.24, 2.45) is 5.10 Å². The molecule has 0 fully saturated rings.